The van der Waals surface area contributed by atoms with Gasteiger partial charge in [-0.1, -0.05) is 30.3 Å². The van der Waals surface area contributed by atoms with E-state index >= 15 is 0 Å². The molecule has 2 nitrogen and oxygen atoms in total. The van der Waals surface area contributed by atoms with Gasteiger partial charge in [0.2, 0.25) is 0 Å². The van der Waals surface area contributed by atoms with Gasteiger partial charge in [0.1, 0.15) is 0 Å². The summed E-state index contributed by atoms with van der Waals surface area (Å²) in [5.74, 6) is 0. The third-order valence-electron chi connectivity index (χ3n) is 2.50. The van der Waals surface area contributed by atoms with Crippen LogP contribution in [0.3, 0.4) is 0 Å². The average Bonchev–Trinajstić information content (AvgIpc) is 2.76. The smallest absolute Gasteiger partial charge is 0.0914 e. The third kappa shape index (κ3) is 3.64. The molecule has 0 aliphatic carbocycles. The summed E-state index contributed by atoms with van der Waals surface area (Å²) in [4.78, 5) is 1.25. The van der Waals surface area contributed by atoms with Crippen LogP contribution < -0.4 is 5.32 Å². The Morgan fingerprint density at radius 1 is 1.24 bits per heavy atom. The maximum atomic E-state index is 9.95. The van der Waals surface area contributed by atoms with Gasteiger partial charge < -0.3 is 10.4 Å². The van der Waals surface area contributed by atoms with Crippen LogP contribution in [0.5, 0.6) is 0 Å². The number of hydrogen-bond acceptors (Lipinski definition) is 3. The van der Waals surface area contributed by atoms with Gasteiger partial charge in [0.15, 0.2) is 0 Å². The van der Waals surface area contributed by atoms with E-state index in [9.17, 15) is 5.11 Å². The van der Waals surface area contributed by atoms with E-state index in [4.69, 9.17) is 0 Å². The molecule has 0 amide bonds. The molecule has 90 valence electrons. The van der Waals surface area contributed by atoms with Crippen LogP contribution in [0.4, 0.5) is 0 Å². The number of thiophene rings is 1. The van der Waals surface area contributed by atoms with Crippen LogP contribution >= 0.6 is 27.3 Å². The first-order valence-electron chi connectivity index (χ1n) is 5.43. The van der Waals surface area contributed by atoms with Crippen molar-refractivity contribution in [3.63, 3.8) is 0 Å². The molecule has 0 aliphatic heterocycles. The van der Waals surface area contributed by atoms with E-state index in [2.05, 4.69) is 26.6 Å². The zero-order valence-corrected chi connectivity index (χ0v) is 11.7. The Kier molecular flexibility index (Phi) is 4.74. The van der Waals surface area contributed by atoms with Crippen LogP contribution in [0.2, 0.25) is 0 Å². The first kappa shape index (κ1) is 12.8. The lowest BCUT2D eigenvalue weighted by molar-refractivity contribution is 0.174. The number of nitrogens with one attached hydrogen (secondary N) is 1. The summed E-state index contributed by atoms with van der Waals surface area (Å²) in [5.41, 5.74) is 0.949. The van der Waals surface area contributed by atoms with Gasteiger partial charge >= 0.3 is 0 Å². The summed E-state index contributed by atoms with van der Waals surface area (Å²) in [6, 6.07) is 11.7. The Balaban J connectivity index is 1.81. The van der Waals surface area contributed by atoms with Gasteiger partial charge in [-0.25, -0.2) is 0 Å². The van der Waals surface area contributed by atoms with Crippen molar-refractivity contribution in [2.45, 2.75) is 12.6 Å². The zero-order valence-electron chi connectivity index (χ0n) is 9.27. The summed E-state index contributed by atoms with van der Waals surface area (Å²) < 4.78 is 1.13. The van der Waals surface area contributed by atoms with E-state index in [1.165, 1.54) is 4.88 Å². The van der Waals surface area contributed by atoms with Crippen LogP contribution in [0.15, 0.2) is 46.3 Å². The Hall–Kier alpha value is -0.680. The maximum Gasteiger partial charge on any atom is 0.0914 e. The molecule has 2 rings (SSSR count). The molecule has 1 aromatic carbocycles. The Morgan fingerprint density at radius 2 is 2.00 bits per heavy atom. The van der Waals surface area contributed by atoms with Crippen LogP contribution in [0.1, 0.15) is 16.5 Å². The molecule has 0 spiro atoms. The minimum atomic E-state index is -0.449. The van der Waals surface area contributed by atoms with E-state index in [1.54, 1.807) is 11.3 Å². The normalized spacial score (nSPS) is 12.6. The van der Waals surface area contributed by atoms with Crippen molar-refractivity contribution >= 4 is 27.3 Å². The Bertz CT molecular complexity index is 457. The topological polar surface area (TPSA) is 32.3 Å². The molecule has 0 aliphatic rings. The lowest BCUT2D eigenvalue weighted by atomic mass is 10.1. The predicted molar refractivity (Wildman–Crippen MR) is 75.1 cm³/mol. The van der Waals surface area contributed by atoms with Crippen molar-refractivity contribution in [3.8, 4) is 0 Å². The number of benzene rings is 1. The number of aliphatic hydroxyl groups excluding tert-OH is 1. The molecule has 4 heteroatoms. The molecular formula is C13H14BrNOS. The van der Waals surface area contributed by atoms with Gasteiger partial charge in [0.05, 0.1) is 6.10 Å². The first-order chi connectivity index (χ1) is 8.27. The molecule has 1 unspecified atom stereocenters. The minimum absolute atomic E-state index is 0.449. The average molecular weight is 312 g/mol. The summed E-state index contributed by atoms with van der Waals surface area (Å²) in [5, 5.41) is 15.3. The first-order valence-corrected chi connectivity index (χ1v) is 7.10. The number of rotatable bonds is 5. The molecule has 1 atom stereocenters. The van der Waals surface area contributed by atoms with Gasteiger partial charge in [-0.05, 0) is 32.9 Å². The van der Waals surface area contributed by atoms with Crippen LogP contribution in [0, 0.1) is 0 Å². The molecule has 2 aromatic rings. The van der Waals surface area contributed by atoms with Crippen molar-refractivity contribution in [2.24, 2.45) is 0 Å². The van der Waals surface area contributed by atoms with Crippen LogP contribution in [0.25, 0.3) is 0 Å². The Labute approximate surface area is 113 Å². The van der Waals surface area contributed by atoms with Crippen molar-refractivity contribution in [1.82, 2.24) is 5.32 Å². The molecule has 0 radical (unpaired) electrons. The van der Waals surface area contributed by atoms with Gasteiger partial charge in [0, 0.05) is 22.4 Å². The summed E-state index contributed by atoms with van der Waals surface area (Å²) in [6.45, 7) is 1.34. The van der Waals surface area contributed by atoms with Gasteiger partial charge in [-0.3, -0.25) is 0 Å². The monoisotopic (exact) mass is 311 g/mol. The molecule has 0 bridgehead atoms. The van der Waals surface area contributed by atoms with E-state index in [0.29, 0.717) is 6.54 Å². The van der Waals surface area contributed by atoms with Crippen molar-refractivity contribution in [2.75, 3.05) is 6.54 Å². The highest BCUT2D eigenvalue weighted by Crippen LogP contribution is 2.22. The quantitative estimate of drug-likeness (QED) is 0.887. The van der Waals surface area contributed by atoms with E-state index in [1.807, 2.05) is 36.4 Å². The summed E-state index contributed by atoms with van der Waals surface area (Å²) >= 11 is 5.19. The van der Waals surface area contributed by atoms with Gasteiger partial charge in [-0.15, -0.1) is 11.3 Å². The second-order valence-electron chi connectivity index (χ2n) is 3.75. The standard InChI is InChI=1S/C13H14BrNOS/c14-11-6-7-17-13(11)9-15-8-12(16)10-4-2-1-3-5-10/h1-7,12,15-16H,8-9H2. The second kappa shape index (κ2) is 6.31. The largest absolute Gasteiger partial charge is 0.387 e. The molecule has 17 heavy (non-hydrogen) atoms. The summed E-state index contributed by atoms with van der Waals surface area (Å²) in [6.07, 6.45) is -0.449. The SMILES string of the molecule is OC(CNCc1sccc1Br)c1ccccc1. The predicted octanol–water partition coefficient (Wildman–Crippen LogP) is 3.33. The number of hydrogen-bond donors (Lipinski definition) is 2. The molecular weight excluding hydrogens is 298 g/mol. The molecule has 1 aromatic heterocycles. The highest BCUT2D eigenvalue weighted by atomic mass is 79.9. The fourth-order valence-corrected chi connectivity index (χ4v) is 3.03. The van der Waals surface area contributed by atoms with E-state index < -0.39 is 6.10 Å². The lowest BCUT2D eigenvalue weighted by Gasteiger charge is -2.11. The van der Waals surface area contributed by atoms with E-state index in [-0.39, 0.29) is 0 Å². The molecule has 0 saturated carbocycles. The molecule has 2 N–H and O–H groups in total. The number of aliphatic hydroxyl groups is 1. The third-order valence-corrected chi connectivity index (χ3v) is 4.42. The Morgan fingerprint density at radius 3 is 2.65 bits per heavy atom. The van der Waals surface area contributed by atoms with Gasteiger partial charge in [0.25, 0.3) is 0 Å². The van der Waals surface area contributed by atoms with Crippen molar-refractivity contribution in [1.29, 1.82) is 0 Å². The fourth-order valence-electron chi connectivity index (χ4n) is 1.57. The second-order valence-corrected chi connectivity index (χ2v) is 5.60. The molecule has 1 heterocycles. The zero-order chi connectivity index (χ0) is 12.1. The fraction of sp³-hybridized carbons (Fsp3) is 0.231. The lowest BCUT2D eigenvalue weighted by Crippen LogP contribution is -2.20. The van der Waals surface area contributed by atoms with Crippen molar-refractivity contribution < 1.29 is 5.11 Å². The van der Waals surface area contributed by atoms with Crippen LogP contribution in [-0.2, 0) is 6.54 Å². The molecule has 0 saturated heterocycles. The van der Waals surface area contributed by atoms with E-state index in [0.717, 1.165) is 16.6 Å². The molecule has 0 fully saturated rings. The summed E-state index contributed by atoms with van der Waals surface area (Å²) in [7, 11) is 0. The number of halogens is 1. The highest BCUT2D eigenvalue weighted by Gasteiger charge is 2.07. The van der Waals surface area contributed by atoms with Gasteiger partial charge in [-0.2, -0.15) is 0 Å². The van der Waals surface area contributed by atoms with Crippen LogP contribution in [-0.4, -0.2) is 11.7 Å². The maximum absolute atomic E-state index is 9.95. The highest BCUT2D eigenvalue weighted by molar-refractivity contribution is 9.10. The van der Waals surface area contributed by atoms with Crippen molar-refractivity contribution in [3.05, 3.63) is 56.7 Å². The minimum Gasteiger partial charge on any atom is -0.387 e.